The Hall–Kier alpha value is -0.870. The molecule has 2 N–H and O–H groups in total. The summed E-state index contributed by atoms with van der Waals surface area (Å²) in [6.07, 6.45) is 9.11. The van der Waals surface area contributed by atoms with Gasteiger partial charge in [0.2, 0.25) is 5.91 Å². The van der Waals surface area contributed by atoms with Crippen molar-refractivity contribution in [2.75, 3.05) is 14.1 Å². The van der Waals surface area contributed by atoms with Crippen molar-refractivity contribution in [1.29, 1.82) is 0 Å². The number of allylic oxidation sites excluding steroid dienone is 2. The maximum absolute atomic E-state index is 11.6. The SMILES string of the molecule is CCC[C@@](C)(O)[C@@H]1[C@H]2CC(CCCCC(=O)N(C)C)=C[C@H]2C[C@H]1O. The molecule has 0 aromatic heterocycles. The topological polar surface area (TPSA) is 60.8 Å². The number of amides is 1. The van der Waals surface area contributed by atoms with Crippen LogP contribution in [-0.4, -0.2) is 46.8 Å². The van der Waals surface area contributed by atoms with Gasteiger partial charge in [0.15, 0.2) is 0 Å². The van der Waals surface area contributed by atoms with E-state index in [1.807, 2.05) is 6.92 Å². The van der Waals surface area contributed by atoms with Gasteiger partial charge >= 0.3 is 0 Å². The van der Waals surface area contributed by atoms with Crippen LogP contribution >= 0.6 is 0 Å². The number of fused-ring (bicyclic) bond motifs is 1. The lowest BCUT2D eigenvalue weighted by Gasteiger charge is -2.36. The zero-order valence-corrected chi connectivity index (χ0v) is 15.8. The second kappa shape index (κ2) is 8.01. The predicted molar refractivity (Wildman–Crippen MR) is 96.5 cm³/mol. The van der Waals surface area contributed by atoms with Gasteiger partial charge in [0.25, 0.3) is 0 Å². The van der Waals surface area contributed by atoms with E-state index < -0.39 is 5.60 Å². The third kappa shape index (κ3) is 4.40. The number of hydrogen-bond donors (Lipinski definition) is 2. The molecule has 24 heavy (non-hydrogen) atoms. The zero-order chi connectivity index (χ0) is 17.9. The molecule has 2 aliphatic carbocycles. The first-order valence-corrected chi connectivity index (χ1v) is 9.56. The first-order chi connectivity index (χ1) is 11.3. The first kappa shape index (κ1) is 19.5. The molecular weight excluding hydrogens is 302 g/mol. The lowest BCUT2D eigenvalue weighted by Crippen LogP contribution is -2.42. The molecule has 0 heterocycles. The molecule has 0 aromatic carbocycles. The van der Waals surface area contributed by atoms with E-state index in [4.69, 9.17) is 0 Å². The molecule has 1 amide bonds. The number of aliphatic hydroxyl groups is 2. The smallest absolute Gasteiger partial charge is 0.222 e. The Morgan fingerprint density at radius 2 is 2.08 bits per heavy atom. The van der Waals surface area contributed by atoms with Crippen molar-refractivity contribution < 1.29 is 15.0 Å². The first-order valence-electron chi connectivity index (χ1n) is 9.56. The molecule has 0 bridgehead atoms. The Morgan fingerprint density at radius 1 is 1.38 bits per heavy atom. The van der Waals surface area contributed by atoms with Gasteiger partial charge in [-0.05, 0) is 57.3 Å². The van der Waals surface area contributed by atoms with Gasteiger partial charge in [-0.2, -0.15) is 0 Å². The Labute approximate surface area is 146 Å². The van der Waals surface area contributed by atoms with Crippen LogP contribution in [0.4, 0.5) is 0 Å². The molecular formula is C20H35NO3. The molecule has 0 spiro atoms. The van der Waals surface area contributed by atoms with Gasteiger partial charge in [-0.3, -0.25) is 4.79 Å². The van der Waals surface area contributed by atoms with E-state index in [2.05, 4.69) is 13.0 Å². The minimum Gasteiger partial charge on any atom is -0.393 e. The molecule has 0 unspecified atom stereocenters. The monoisotopic (exact) mass is 337 g/mol. The van der Waals surface area contributed by atoms with Gasteiger partial charge < -0.3 is 15.1 Å². The maximum atomic E-state index is 11.6. The molecule has 0 radical (unpaired) electrons. The van der Waals surface area contributed by atoms with Crippen LogP contribution in [-0.2, 0) is 4.79 Å². The summed E-state index contributed by atoms with van der Waals surface area (Å²) in [6.45, 7) is 3.98. The fourth-order valence-corrected chi connectivity index (χ4v) is 4.88. The van der Waals surface area contributed by atoms with Gasteiger partial charge in [0.1, 0.15) is 0 Å². The van der Waals surface area contributed by atoms with Crippen molar-refractivity contribution >= 4 is 5.91 Å². The molecule has 2 rings (SSSR count). The van der Waals surface area contributed by atoms with Crippen molar-refractivity contribution in [3.8, 4) is 0 Å². The van der Waals surface area contributed by atoms with Crippen molar-refractivity contribution in [2.24, 2.45) is 17.8 Å². The van der Waals surface area contributed by atoms with Crippen LogP contribution in [0.15, 0.2) is 11.6 Å². The van der Waals surface area contributed by atoms with E-state index in [0.29, 0.717) is 18.3 Å². The summed E-state index contributed by atoms with van der Waals surface area (Å²) in [5, 5.41) is 21.3. The summed E-state index contributed by atoms with van der Waals surface area (Å²) in [6, 6.07) is 0. The van der Waals surface area contributed by atoms with Crippen molar-refractivity contribution in [3.63, 3.8) is 0 Å². The Kier molecular flexibility index (Phi) is 6.49. The molecule has 1 fully saturated rings. The lowest BCUT2D eigenvalue weighted by molar-refractivity contribution is -0.128. The molecule has 5 atom stereocenters. The molecule has 0 aromatic rings. The van der Waals surface area contributed by atoms with Gasteiger partial charge in [0.05, 0.1) is 11.7 Å². The van der Waals surface area contributed by atoms with Crippen LogP contribution in [0.1, 0.15) is 65.2 Å². The average Bonchev–Trinajstić information content (AvgIpc) is 2.98. The number of rotatable bonds is 8. The van der Waals surface area contributed by atoms with Crippen LogP contribution in [0.3, 0.4) is 0 Å². The van der Waals surface area contributed by atoms with E-state index in [1.54, 1.807) is 19.0 Å². The number of aliphatic hydroxyl groups excluding tert-OH is 1. The van der Waals surface area contributed by atoms with E-state index in [1.165, 1.54) is 5.57 Å². The van der Waals surface area contributed by atoms with E-state index in [0.717, 1.165) is 44.9 Å². The molecule has 0 aliphatic heterocycles. The standard InChI is InChI=1S/C20H35NO3/c1-5-10-20(2,24)19-16-12-14(11-15(16)13-17(19)22)8-6-7-9-18(23)21(3)4/h11,15-17,19,22,24H,5-10,12-13H2,1-4H3/t15-,16-,17+,19+,20+/m0/s1. The number of carbonyl (C=O) groups excluding carboxylic acids is 1. The zero-order valence-electron chi connectivity index (χ0n) is 15.8. The molecule has 4 nitrogen and oxygen atoms in total. The largest absolute Gasteiger partial charge is 0.393 e. The molecule has 0 saturated heterocycles. The molecule has 1 saturated carbocycles. The van der Waals surface area contributed by atoms with Crippen molar-refractivity contribution in [1.82, 2.24) is 4.90 Å². The maximum Gasteiger partial charge on any atom is 0.222 e. The second-order valence-electron chi connectivity index (χ2n) is 8.29. The van der Waals surface area contributed by atoms with Crippen LogP contribution in [0, 0.1) is 17.8 Å². The van der Waals surface area contributed by atoms with Crippen molar-refractivity contribution in [2.45, 2.75) is 76.9 Å². The number of nitrogens with zero attached hydrogens (tertiary/aromatic N) is 1. The van der Waals surface area contributed by atoms with Crippen LogP contribution < -0.4 is 0 Å². The Balaban J connectivity index is 1.84. The van der Waals surface area contributed by atoms with Crippen LogP contribution in [0.25, 0.3) is 0 Å². The Bertz CT molecular complexity index is 470. The number of unbranched alkanes of at least 4 members (excludes halogenated alkanes) is 1. The van der Waals surface area contributed by atoms with Gasteiger partial charge in [-0.25, -0.2) is 0 Å². The predicted octanol–water partition coefficient (Wildman–Crippen LogP) is 3.13. The van der Waals surface area contributed by atoms with Gasteiger partial charge in [0, 0.05) is 26.4 Å². The second-order valence-corrected chi connectivity index (χ2v) is 8.29. The summed E-state index contributed by atoms with van der Waals surface area (Å²) in [5.74, 6) is 1.00. The fourth-order valence-electron chi connectivity index (χ4n) is 4.88. The summed E-state index contributed by atoms with van der Waals surface area (Å²) < 4.78 is 0. The quantitative estimate of drug-likeness (QED) is 0.528. The van der Waals surface area contributed by atoms with E-state index >= 15 is 0 Å². The normalized spacial score (nSPS) is 31.5. The summed E-state index contributed by atoms with van der Waals surface area (Å²) in [7, 11) is 3.60. The van der Waals surface area contributed by atoms with E-state index in [-0.39, 0.29) is 17.9 Å². The fraction of sp³-hybridized carbons (Fsp3) is 0.850. The minimum absolute atomic E-state index is 0.00785. The lowest BCUT2D eigenvalue weighted by atomic mass is 9.75. The number of carbonyl (C=O) groups is 1. The number of hydrogen-bond acceptors (Lipinski definition) is 3. The third-order valence-electron chi connectivity index (χ3n) is 6.00. The van der Waals surface area contributed by atoms with E-state index in [9.17, 15) is 15.0 Å². The molecule has 2 aliphatic rings. The van der Waals surface area contributed by atoms with Crippen LogP contribution in [0.5, 0.6) is 0 Å². The minimum atomic E-state index is -0.769. The Morgan fingerprint density at radius 3 is 2.71 bits per heavy atom. The summed E-state index contributed by atoms with van der Waals surface area (Å²) in [4.78, 5) is 13.3. The highest BCUT2D eigenvalue weighted by molar-refractivity contribution is 5.75. The van der Waals surface area contributed by atoms with Gasteiger partial charge in [-0.15, -0.1) is 0 Å². The van der Waals surface area contributed by atoms with Crippen LogP contribution in [0.2, 0.25) is 0 Å². The third-order valence-corrected chi connectivity index (χ3v) is 6.00. The summed E-state index contributed by atoms with van der Waals surface area (Å²) >= 11 is 0. The molecule has 138 valence electrons. The highest BCUT2D eigenvalue weighted by Crippen LogP contribution is 2.52. The highest BCUT2D eigenvalue weighted by atomic mass is 16.3. The molecule has 4 heteroatoms. The summed E-state index contributed by atoms with van der Waals surface area (Å²) in [5.41, 5.74) is 0.696. The van der Waals surface area contributed by atoms with Crippen molar-refractivity contribution in [3.05, 3.63) is 11.6 Å². The van der Waals surface area contributed by atoms with Gasteiger partial charge in [-0.1, -0.05) is 25.0 Å². The average molecular weight is 338 g/mol. The highest BCUT2D eigenvalue weighted by Gasteiger charge is 2.51.